The van der Waals surface area contributed by atoms with Gasteiger partial charge in [-0.3, -0.25) is 0 Å². The summed E-state index contributed by atoms with van der Waals surface area (Å²) in [6.07, 6.45) is 1.70. The molecule has 1 aromatic heterocycles. The summed E-state index contributed by atoms with van der Waals surface area (Å²) in [5.41, 5.74) is 7.35. The molecule has 4 heteroatoms. The number of thiazole rings is 1. The van der Waals surface area contributed by atoms with Crippen LogP contribution in [0.3, 0.4) is 0 Å². The molecule has 0 spiro atoms. The SMILES string of the molecule is Cc1ccc(C(N)c2nccs2)cc1F. The number of hydrogen-bond donors (Lipinski definition) is 1. The zero-order chi connectivity index (χ0) is 10.8. The smallest absolute Gasteiger partial charge is 0.126 e. The lowest BCUT2D eigenvalue weighted by Gasteiger charge is -2.09. The first-order valence-corrected chi connectivity index (χ1v) is 5.47. The number of rotatable bonds is 2. The van der Waals surface area contributed by atoms with Gasteiger partial charge in [-0.05, 0) is 24.1 Å². The number of aryl methyl sites for hydroxylation is 1. The highest BCUT2D eigenvalue weighted by molar-refractivity contribution is 7.09. The monoisotopic (exact) mass is 222 g/mol. The Kier molecular flexibility index (Phi) is 2.79. The zero-order valence-corrected chi connectivity index (χ0v) is 9.09. The quantitative estimate of drug-likeness (QED) is 0.848. The lowest BCUT2D eigenvalue weighted by atomic mass is 10.1. The van der Waals surface area contributed by atoms with Crippen molar-refractivity contribution in [3.05, 3.63) is 51.7 Å². The zero-order valence-electron chi connectivity index (χ0n) is 8.27. The molecule has 2 aromatic rings. The largest absolute Gasteiger partial charge is 0.318 e. The van der Waals surface area contributed by atoms with E-state index in [1.807, 2.05) is 11.4 Å². The van der Waals surface area contributed by atoms with Crippen LogP contribution in [0.4, 0.5) is 4.39 Å². The summed E-state index contributed by atoms with van der Waals surface area (Å²) in [5.74, 6) is -0.223. The molecule has 0 amide bonds. The van der Waals surface area contributed by atoms with Crippen LogP contribution in [0.25, 0.3) is 0 Å². The van der Waals surface area contributed by atoms with Gasteiger partial charge in [0.05, 0.1) is 6.04 Å². The van der Waals surface area contributed by atoms with E-state index in [2.05, 4.69) is 4.98 Å². The van der Waals surface area contributed by atoms with Crippen LogP contribution in [0.5, 0.6) is 0 Å². The van der Waals surface area contributed by atoms with Gasteiger partial charge in [0.2, 0.25) is 0 Å². The molecule has 0 bridgehead atoms. The summed E-state index contributed by atoms with van der Waals surface area (Å²) >= 11 is 1.48. The van der Waals surface area contributed by atoms with Crippen LogP contribution in [-0.2, 0) is 0 Å². The predicted molar refractivity (Wildman–Crippen MR) is 59.3 cm³/mol. The maximum absolute atomic E-state index is 13.3. The van der Waals surface area contributed by atoms with Crippen molar-refractivity contribution >= 4 is 11.3 Å². The number of benzene rings is 1. The normalized spacial score (nSPS) is 12.7. The van der Waals surface area contributed by atoms with E-state index in [-0.39, 0.29) is 11.9 Å². The molecule has 0 saturated heterocycles. The Morgan fingerprint density at radius 3 is 2.87 bits per heavy atom. The van der Waals surface area contributed by atoms with Crippen molar-refractivity contribution in [2.24, 2.45) is 5.73 Å². The van der Waals surface area contributed by atoms with E-state index >= 15 is 0 Å². The highest BCUT2D eigenvalue weighted by Crippen LogP contribution is 2.22. The molecule has 1 atom stereocenters. The average Bonchev–Trinajstić information content (AvgIpc) is 2.74. The van der Waals surface area contributed by atoms with Gasteiger partial charge >= 0.3 is 0 Å². The molecular weight excluding hydrogens is 211 g/mol. The van der Waals surface area contributed by atoms with Gasteiger partial charge in [-0.15, -0.1) is 11.3 Å². The van der Waals surface area contributed by atoms with Crippen LogP contribution in [0.1, 0.15) is 22.2 Å². The molecule has 0 fully saturated rings. The Bertz CT molecular complexity index is 454. The van der Waals surface area contributed by atoms with Gasteiger partial charge < -0.3 is 5.73 Å². The van der Waals surface area contributed by atoms with Crippen molar-refractivity contribution in [2.45, 2.75) is 13.0 Å². The van der Waals surface area contributed by atoms with Crippen molar-refractivity contribution in [1.82, 2.24) is 4.98 Å². The van der Waals surface area contributed by atoms with E-state index < -0.39 is 0 Å². The maximum Gasteiger partial charge on any atom is 0.126 e. The van der Waals surface area contributed by atoms with E-state index in [9.17, 15) is 4.39 Å². The first kappa shape index (κ1) is 10.3. The molecule has 78 valence electrons. The van der Waals surface area contributed by atoms with Crippen molar-refractivity contribution < 1.29 is 4.39 Å². The van der Waals surface area contributed by atoms with Crippen LogP contribution in [0, 0.1) is 12.7 Å². The summed E-state index contributed by atoms with van der Waals surface area (Å²) in [6, 6.07) is 4.71. The first-order valence-electron chi connectivity index (χ1n) is 4.59. The summed E-state index contributed by atoms with van der Waals surface area (Å²) in [7, 11) is 0. The molecule has 2 nitrogen and oxygen atoms in total. The minimum Gasteiger partial charge on any atom is -0.318 e. The van der Waals surface area contributed by atoms with Crippen LogP contribution in [0.15, 0.2) is 29.8 Å². The van der Waals surface area contributed by atoms with Crippen LogP contribution in [0.2, 0.25) is 0 Å². The van der Waals surface area contributed by atoms with Crippen LogP contribution in [-0.4, -0.2) is 4.98 Å². The summed E-state index contributed by atoms with van der Waals surface area (Å²) in [4.78, 5) is 4.12. The van der Waals surface area contributed by atoms with E-state index in [0.29, 0.717) is 5.56 Å². The molecule has 0 aliphatic carbocycles. The minimum atomic E-state index is -0.333. The molecule has 2 rings (SSSR count). The number of halogens is 1. The summed E-state index contributed by atoms with van der Waals surface area (Å²) in [6.45, 7) is 1.73. The Labute approximate surface area is 91.6 Å². The summed E-state index contributed by atoms with van der Waals surface area (Å²) in [5, 5.41) is 2.66. The first-order chi connectivity index (χ1) is 7.18. The second-order valence-electron chi connectivity index (χ2n) is 3.36. The molecule has 1 unspecified atom stereocenters. The molecular formula is C11H11FN2S. The van der Waals surface area contributed by atoms with E-state index in [1.165, 1.54) is 17.4 Å². The Morgan fingerprint density at radius 2 is 2.27 bits per heavy atom. The van der Waals surface area contributed by atoms with Crippen LogP contribution >= 0.6 is 11.3 Å². The standard InChI is InChI=1S/C11H11FN2S/c1-7-2-3-8(6-9(7)12)10(13)11-14-4-5-15-11/h2-6,10H,13H2,1H3. The fourth-order valence-electron chi connectivity index (χ4n) is 1.33. The predicted octanol–water partition coefficient (Wildman–Crippen LogP) is 2.64. The fraction of sp³-hybridized carbons (Fsp3) is 0.182. The van der Waals surface area contributed by atoms with E-state index in [4.69, 9.17) is 5.73 Å². The van der Waals surface area contributed by atoms with E-state index in [1.54, 1.807) is 19.2 Å². The third-order valence-corrected chi connectivity index (χ3v) is 3.13. The summed E-state index contributed by atoms with van der Waals surface area (Å²) < 4.78 is 13.3. The number of nitrogens with two attached hydrogens (primary N) is 1. The lowest BCUT2D eigenvalue weighted by molar-refractivity contribution is 0.614. The van der Waals surface area contributed by atoms with Crippen molar-refractivity contribution in [3.63, 3.8) is 0 Å². The molecule has 2 N–H and O–H groups in total. The molecule has 0 aliphatic heterocycles. The molecule has 0 aliphatic rings. The lowest BCUT2D eigenvalue weighted by Crippen LogP contribution is -2.11. The molecule has 1 heterocycles. The topological polar surface area (TPSA) is 38.9 Å². The van der Waals surface area contributed by atoms with Gasteiger partial charge in [0.15, 0.2) is 0 Å². The van der Waals surface area contributed by atoms with Gasteiger partial charge in [-0.1, -0.05) is 12.1 Å². The number of hydrogen-bond acceptors (Lipinski definition) is 3. The molecule has 15 heavy (non-hydrogen) atoms. The van der Waals surface area contributed by atoms with Gasteiger partial charge in [0.1, 0.15) is 10.8 Å². The second-order valence-corrected chi connectivity index (χ2v) is 4.28. The highest BCUT2D eigenvalue weighted by Gasteiger charge is 2.12. The highest BCUT2D eigenvalue weighted by atomic mass is 32.1. The molecule has 0 saturated carbocycles. The fourth-order valence-corrected chi connectivity index (χ4v) is 2.00. The van der Waals surface area contributed by atoms with E-state index in [0.717, 1.165) is 10.6 Å². The molecule has 1 aromatic carbocycles. The van der Waals surface area contributed by atoms with Gasteiger partial charge in [-0.2, -0.15) is 0 Å². The maximum atomic E-state index is 13.3. The Hall–Kier alpha value is -1.26. The molecule has 0 radical (unpaired) electrons. The van der Waals surface area contributed by atoms with Crippen LogP contribution < -0.4 is 5.73 Å². The van der Waals surface area contributed by atoms with Crippen molar-refractivity contribution in [1.29, 1.82) is 0 Å². The van der Waals surface area contributed by atoms with Gasteiger partial charge in [0.25, 0.3) is 0 Å². The third-order valence-electron chi connectivity index (χ3n) is 2.27. The van der Waals surface area contributed by atoms with Gasteiger partial charge in [-0.25, -0.2) is 9.37 Å². The second kappa shape index (κ2) is 4.08. The average molecular weight is 222 g/mol. The Morgan fingerprint density at radius 1 is 1.47 bits per heavy atom. The number of aromatic nitrogens is 1. The Balaban J connectivity index is 2.34. The van der Waals surface area contributed by atoms with Crippen molar-refractivity contribution in [2.75, 3.05) is 0 Å². The minimum absolute atomic E-state index is 0.223. The number of nitrogens with zero attached hydrogens (tertiary/aromatic N) is 1. The third kappa shape index (κ3) is 2.06. The van der Waals surface area contributed by atoms with Crippen molar-refractivity contribution in [3.8, 4) is 0 Å². The van der Waals surface area contributed by atoms with Gasteiger partial charge in [0, 0.05) is 11.6 Å².